The molecule has 4 nitrogen and oxygen atoms in total. The van der Waals surface area contributed by atoms with E-state index in [1.165, 1.54) is 21.9 Å². The first-order valence-electron chi connectivity index (χ1n) is 9.15. The Morgan fingerprint density at radius 2 is 1.60 bits per heavy atom. The molecule has 0 aliphatic rings. The highest BCUT2D eigenvalue weighted by molar-refractivity contribution is 6.31. The van der Waals surface area contributed by atoms with E-state index in [2.05, 4.69) is 0 Å². The standard InChI is InChI=1S/C23H19Cl2FN2O2/c1-27(21-7-3-5-19(25)13-21)22(29)15-28(14-16-4-2-6-20(26)12-16)23(30)17-8-10-18(24)11-9-17/h2-13H,14-15H2,1H3. The van der Waals surface area contributed by atoms with Gasteiger partial charge in [0.05, 0.1) is 0 Å². The minimum absolute atomic E-state index is 0.0777. The first kappa shape index (κ1) is 21.8. The fourth-order valence-electron chi connectivity index (χ4n) is 2.93. The van der Waals surface area contributed by atoms with E-state index in [0.717, 1.165) is 0 Å². The van der Waals surface area contributed by atoms with E-state index in [4.69, 9.17) is 23.2 Å². The smallest absolute Gasteiger partial charge is 0.254 e. The summed E-state index contributed by atoms with van der Waals surface area (Å²) in [4.78, 5) is 28.8. The Morgan fingerprint density at radius 3 is 2.27 bits per heavy atom. The third-order valence-corrected chi connectivity index (χ3v) is 5.02. The molecule has 30 heavy (non-hydrogen) atoms. The Morgan fingerprint density at radius 1 is 0.900 bits per heavy atom. The Labute approximate surface area is 184 Å². The van der Waals surface area contributed by atoms with Crippen LogP contribution in [0.1, 0.15) is 15.9 Å². The lowest BCUT2D eigenvalue weighted by Crippen LogP contribution is -2.41. The lowest BCUT2D eigenvalue weighted by molar-refractivity contribution is -0.119. The average Bonchev–Trinajstić information content (AvgIpc) is 2.72. The first-order chi connectivity index (χ1) is 14.3. The number of carbonyl (C=O) groups is 2. The van der Waals surface area contributed by atoms with Crippen LogP contribution in [-0.4, -0.2) is 30.3 Å². The summed E-state index contributed by atoms with van der Waals surface area (Å²) in [6.07, 6.45) is 0. The number of hydrogen-bond acceptors (Lipinski definition) is 2. The Bertz CT molecular complexity index is 1060. The fraction of sp³-hybridized carbons (Fsp3) is 0.130. The van der Waals surface area contributed by atoms with Crippen molar-refractivity contribution < 1.29 is 14.0 Å². The van der Waals surface area contributed by atoms with Crippen molar-refractivity contribution in [1.29, 1.82) is 0 Å². The minimum atomic E-state index is -0.409. The highest BCUT2D eigenvalue weighted by atomic mass is 35.5. The molecule has 0 spiro atoms. The van der Waals surface area contributed by atoms with E-state index in [1.807, 2.05) is 0 Å². The largest absolute Gasteiger partial charge is 0.325 e. The number of likely N-dealkylation sites (N-methyl/N-ethyl adjacent to an activating group) is 1. The molecule has 2 amide bonds. The van der Waals surface area contributed by atoms with Crippen LogP contribution in [0.3, 0.4) is 0 Å². The van der Waals surface area contributed by atoms with Gasteiger partial charge in [0, 0.05) is 34.9 Å². The van der Waals surface area contributed by atoms with Crippen LogP contribution >= 0.6 is 23.2 Å². The summed E-state index contributed by atoms with van der Waals surface area (Å²) in [6.45, 7) is -0.116. The van der Waals surface area contributed by atoms with Gasteiger partial charge < -0.3 is 9.80 Å². The van der Waals surface area contributed by atoms with Gasteiger partial charge >= 0.3 is 0 Å². The lowest BCUT2D eigenvalue weighted by Gasteiger charge is -2.26. The topological polar surface area (TPSA) is 40.6 Å². The molecule has 0 saturated heterocycles. The molecule has 0 saturated carbocycles. The van der Waals surface area contributed by atoms with Crippen molar-refractivity contribution in [2.45, 2.75) is 6.54 Å². The molecule has 0 heterocycles. The van der Waals surface area contributed by atoms with E-state index in [1.54, 1.807) is 67.7 Å². The molecule has 3 rings (SSSR count). The van der Waals surface area contributed by atoms with Crippen molar-refractivity contribution in [3.63, 3.8) is 0 Å². The molecule has 3 aromatic rings. The second kappa shape index (κ2) is 9.74. The van der Waals surface area contributed by atoms with Gasteiger partial charge in [-0.15, -0.1) is 0 Å². The van der Waals surface area contributed by atoms with E-state index in [0.29, 0.717) is 26.9 Å². The maximum absolute atomic E-state index is 13.6. The van der Waals surface area contributed by atoms with Crippen molar-refractivity contribution >= 4 is 40.7 Å². The summed E-state index contributed by atoms with van der Waals surface area (Å²) >= 11 is 11.9. The van der Waals surface area contributed by atoms with Gasteiger partial charge in [-0.3, -0.25) is 9.59 Å². The number of anilines is 1. The quantitative estimate of drug-likeness (QED) is 0.507. The van der Waals surface area contributed by atoms with E-state index >= 15 is 0 Å². The van der Waals surface area contributed by atoms with Gasteiger partial charge in [0.15, 0.2) is 0 Å². The molecule has 0 aromatic heterocycles. The number of nitrogens with zero attached hydrogens (tertiary/aromatic N) is 2. The van der Waals surface area contributed by atoms with E-state index < -0.39 is 5.82 Å². The summed E-state index contributed by atoms with van der Waals surface area (Å²) in [7, 11) is 1.61. The van der Waals surface area contributed by atoms with Gasteiger partial charge in [-0.2, -0.15) is 0 Å². The molecule has 0 N–H and O–H groups in total. The van der Waals surface area contributed by atoms with Gasteiger partial charge in [0.25, 0.3) is 5.91 Å². The van der Waals surface area contributed by atoms with Crippen molar-refractivity contribution in [2.24, 2.45) is 0 Å². The number of rotatable bonds is 6. The monoisotopic (exact) mass is 444 g/mol. The normalized spacial score (nSPS) is 10.5. The molecular weight excluding hydrogens is 426 g/mol. The van der Waals surface area contributed by atoms with Crippen LogP contribution in [0.2, 0.25) is 10.0 Å². The number of benzene rings is 3. The summed E-state index contributed by atoms with van der Waals surface area (Å²) in [5.41, 5.74) is 1.57. The summed E-state index contributed by atoms with van der Waals surface area (Å²) in [6, 6.07) is 19.2. The zero-order chi connectivity index (χ0) is 21.7. The molecule has 0 atom stereocenters. The van der Waals surface area contributed by atoms with Crippen LogP contribution in [0.25, 0.3) is 0 Å². The maximum Gasteiger partial charge on any atom is 0.254 e. The Hall–Kier alpha value is -2.89. The fourth-order valence-corrected chi connectivity index (χ4v) is 3.24. The third-order valence-electron chi connectivity index (χ3n) is 4.54. The van der Waals surface area contributed by atoms with Crippen LogP contribution in [0.15, 0.2) is 72.8 Å². The van der Waals surface area contributed by atoms with Crippen molar-refractivity contribution in [3.05, 3.63) is 99.8 Å². The predicted octanol–water partition coefficient (Wildman–Crippen LogP) is 5.44. The second-order valence-electron chi connectivity index (χ2n) is 6.73. The average molecular weight is 445 g/mol. The third kappa shape index (κ3) is 5.59. The molecule has 0 bridgehead atoms. The zero-order valence-electron chi connectivity index (χ0n) is 16.2. The molecule has 154 valence electrons. The molecular formula is C23H19Cl2FN2O2. The van der Waals surface area contributed by atoms with Crippen LogP contribution in [0.5, 0.6) is 0 Å². The van der Waals surface area contributed by atoms with Crippen LogP contribution in [-0.2, 0) is 11.3 Å². The summed E-state index contributed by atoms with van der Waals surface area (Å²) in [5.74, 6) is -1.08. The lowest BCUT2D eigenvalue weighted by atomic mass is 10.1. The van der Waals surface area contributed by atoms with Crippen LogP contribution in [0, 0.1) is 5.82 Å². The van der Waals surface area contributed by atoms with Crippen molar-refractivity contribution in [1.82, 2.24) is 4.90 Å². The van der Waals surface area contributed by atoms with Crippen molar-refractivity contribution in [2.75, 3.05) is 18.5 Å². The first-order valence-corrected chi connectivity index (χ1v) is 9.90. The Balaban J connectivity index is 1.85. The predicted molar refractivity (Wildman–Crippen MR) is 117 cm³/mol. The molecule has 3 aromatic carbocycles. The molecule has 0 unspecified atom stereocenters. The van der Waals surface area contributed by atoms with E-state index in [9.17, 15) is 14.0 Å². The highest BCUT2D eigenvalue weighted by Gasteiger charge is 2.22. The zero-order valence-corrected chi connectivity index (χ0v) is 17.7. The minimum Gasteiger partial charge on any atom is -0.325 e. The number of halogens is 3. The molecule has 0 fully saturated rings. The Kier molecular flexibility index (Phi) is 7.08. The molecule has 0 radical (unpaired) electrons. The van der Waals surface area contributed by atoms with Gasteiger partial charge in [0.1, 0.15) is 12.4 Å². The highest BCUT2D eigenvalue weighted by Crippen LogP contribution is 2.20. The SMILES string of the molecule is CN(C(=O)CN(Cc1cccc(F)c1)C(=O)c1ccc(Cl)cc1)c1cccc(Cl)c1. The molecule has 0 aliphatic carbocycles. The summed E-state index contributed by atoms with van der Waals surface area (Å²) < 4.78 is 13.6. The van der Waals surface area contributed by atoms with Gasteiger partial charge in [-0.05, 0) is 60.2 Å². The summed E-state index contributed by atoms with van der Waals surface area (Å²) in [5, 5.41) is 1.00. The number of hydrogen-bond donors (Lipinski definition) is 0. The van der Waals surface area contributed by atoms with Gasteiger partial charge in [0.2, 0.25) is 5.91 Å². The maximum atomic E-state index is 13.6. The van der Waals surface area contributed by atoms with Crippen LogP contribution < -0.4 is 4.90 Å². The molecule has 0 aliphatic heterocycles. The van der Waals surface area contributed by atoms with Gasteiger partial charge in [-0.25, -0.2) is 4.39 Å². The number of amides is 2. The molecule has 7 heteroatoms. The van der Waals surface area contributed by atoms with E-state index in [-0.39, 0.29) is 24.9 Å². The van der Waals surface area contributed by atoms with Crippen molar-refractivity contribution in [3.8, 4) is 0 Å². The second-order valence-corrected chi connectivity index (χ2v) is 7.60. The number of carbonyl (C=O) groups excluding carboxylic acids is 2. The van der Waals surface area contributed by atoms with Gasteiger partial charge in [-0.1, -0.05) is 41.4 Å². The van der Waals surface area contributed by atoms with Crippen LogP contribution in [0.4, 0.5) is 10.1 Å².